The van der Waals surface area contributed by atoms with E-state index >= 15 is 0 Å². The minimum Gasteiger partial charge on any atom is -0.444 e. The van der Waals surface area contributed by atoms with E-state index in [1.165, 1.54) is 0 Å². The number of hydrogen-bond donors (Lipinski definition) is 1. The fourth-order valence-electron chi connectivity index (χ4n) is 1.41. The van der Waals surface area contributed by atoms with Crippen LogP contribution in [-0.4, -0.2) is 41.4 Å². The predicted molar refractivity (Wildman–Crippen MR) is 57.6 cm³/mol. The van der Waals surface area contributed by atoms with E-state index in [4.69, 9.17) is 9.84 Å². The molecule has 0 bridgehead atoms. The summed E-state index contributed by atoms with van der Waals surface area (Å²) >= 11 is 0. The summed E-state index contributed by atoms with van der Waals surface area (Å²) in [5, 5.41) is 8.98. The highest BCUT2D eigenvalue weighted by Crippen LogP contribution is 2.14. The van der Waals surface area contributed by atoms with Gasteiger partial charge < -0.3 is 14.7 Å². The maximum atomic E-state index is 11.7. The molecule has 0 aromatic carbocycles. The molecule has 0 saturated heterocycles. The molecule has 0 aromatic rings. The van der Waals surface area contributed by atoms with Gasteiger partial charge in [-0.15, -0.1) is 0 Å². The van der Waals surface area contributed by atoms with Crippen molar-refractivity contribution in [3.8, 4) is 0 Å². The van der Waals surface area contributed by atoms with Crippen molar-refractivity contribution < 1.29 is 14.6 Å². The Kier molecular flexibility index (Phi) is 3.74. The smallest absolute Gasteiger partial charge is 0.410 e. The van der Waals surface area contributed by atoms with E-state index in [0.29, 0.717) is 13.1 Å². The van der Waals surface area contributed by atoms with Gasteiger partial charge in [-0.25, -0.2) is 4.79 Å². The third kappa shape index (κ3) is 3.91. The molecule has 0 saturated carbocycles. The van der Waals surface area contributed by atoms with Gasteiger partial charge in [0, 0.05) is 13.1 Å². The Morgan fingerprint density at radius 3 is 2.80 bits per heavy atom. The van der Waals surface area contributed by atoms with Crippen molar-refractivity contribution in [1.29, 1.82) is 0 Å². The van der Waals surface area contributed by atoms with Crippen LogP contribution in [0.15, 0.2) is 11.6 Å². The second-order valence-electron chi connectivity index (χ2n) is 4.71. The van der Waals surface area contributed by atoms with E-state index in [1.54, 1.807) is 4.90 Å². The van der Waals surface area contributed by atoms with E-state index in [2.05, 4.69) is 0 Å². The van der Waals surface area contributed by atoms with Crippen molar-refractivity contribution in [2.24, 2.45) is 0 Å². The minimum absolute atomic E-state index is 0.0132. The molecular weight excluding hydrogens is 194 g/mol. The fourth-order valence-corrected chi connectivity index (χ4v) is 1.41. The second kappa shape index (κ2) is 4.66. The Morgan fingerprint density at radius 2 is 2.27 bits per heavy atom. The van der Waals surface area contributed by atoms with E-state index in [1.807, 2.05) is 26.8 Å². The molecule has 0 fully saturated rings. The van der Waals surface area contributed by atoms with Gasteiger partial charge in [-0.05, 0) is 32.8 Å². The van der Waals surface area contributed by atoms with Crippen LogP contribution >= 0.6 is 0 Å². The molecule has 0 atom stereocenters. The van der Waals surface area contributed by atoms with Crippen LogP contribution < -0.4 is 0 Å². The van der Waals surface area contributed by atoms with Gasteiger partial charge in [0.15, 0.2) is 0 Å². The summed E-state index contributed by atoms with van der Waals surface area (Å²) in [6.07, 6.45) is 2.46. The van der Waals surface area contributed by atoms with Crippen LogP contribution in [0.1, 0.15) is 27.2 Å². The molecule has 4 nitrogen and oxygen atoms in total. The number of carbonyl (C=O) groups is 1. The lowest BCUT2D eigenvalue weighted by atomic mass is 10.1. The zero-order valence-corrected chi connectivity index (χ0v) is 9.62. The molecule has 86 valence electrons. The summed E-state index contributed by atoms with van der Waals surface area (Å²) in [5.41, 5.74) is 0.421. The first-order valence-electron chi connectivity index (χ1n) is 5.19. The third-order valence-corrected chi connectivity index (χ3v) is 2.08. The number of carbonyl (C=O) groups excluding carboxylic acids is 1. The molecule has 15 heavy (non-hydrogen) atoms. The minimum atomic E-state index is -0.461. The monoisotopic (exact) mass is 213 g/mol. The number of amides is 1. The van der Waals surface area contributed by atoms with Crippen molar-refractivity contribution in [2.75, 3.05) is 19.7 Å². The van der Waals surface area contributed by atoms with Crippen molar-refractivity contribution in [3.05, 3.63) is 11.6 Å². The quantitative estimate of drug-likeness (QED) is 0.672. The van der Waals surface area contributed by atoms with Crippen LogP contribution in [0.3, 0.4) is 0 Å². The maximum Gasteiger partial charge on any atom is 0.410 e. The maximum absolute atomic E-state index is 11.7. The number of rotatable bonds is 1. The molecule has 1 heterocycles. The van der Waals surface area contributed by atoms with Crippen LogP contribution in [0, 0.1) is 0 Å². The molecule has 0 unspecified atom stereocenters. The molecule has 0 radical (unpaired) electrons. The van der Waals surface area contributed by atoms with E-state index in [-0.39, 0.29) is 12.7 Å². The summed E-state index contributed by atoms with van der Waals surface area (Å²) in [4.78, 5) is 13.3. The summed E-state index contributed by atoms with van der Waals surface area (Å²) in [7, 11) is 0. The molecule has 0 aliphatic carbocycles. The predicted octanol–water partition coefficient (Wildman–Crippen LogP) is 1.55. The number of nitrogens with zero attached hydrogens (tertiary/aromatic N) is 1. The molecule has 0 spiro atoms. The van der Waals surface area contributed by atoms with Crippen LogP contribution in [0.2, 0.25) is 0 Å². The SMILES string of the molecule is CC(C)(C)OC(=O)N1CCC=C(CO)C1. The fraction of sp³-hybridized carbons (Fsp3) is 0.727. The first-order chi connectivity index (χ1) is 6.92. The first-order valence-corrected chi connectivity index (χ1v) is 5.19. The number of hydrogen-bond acceptors (Lipinski definition) is 3. The van der Waals surface area contributed by atoms with Crippen LogP contribution in [0.5, 0.6) is 0 Å². The van der Waals surface area contributed by atoms with Crippen LogP contribution in [-0.2, 0) is 4.74 Å². The van der Waals surface area contributed by atoms with Crippen molar-refractivity contribution in [2.45, 2.75) is 32.8 Å². The zero-order valence-electron chi connectivity index (χ0n) is 9.62. The van der Waals surface area contributed by atoms with Gasteiger partial charge in [-0.2, -0.15) is 0 Å². The highest BCUT2D eigenvalue weighted by atomic mass is 16.6. The Hall–Kier alpha value is -1.03. The van der Waals surface area contributed by atoms with Crippen LogP contribution in [0.25, 0.3) is 0 Å². The molecule has 1 amide bonds. The van der Waals surface area contributed by atoms with Gasteiger partial charge >= 0.3 is 6.09 Å². The van der Waals surface area contributed by atoms with Gasteiger partial charge in [-0.1, -0.05) is 6.08 Å². The van der Waals surface area contributed by atoms with Crippen molar-refractivity contribution in [3.63, 3.8) is 0 Å². The van der Waals surface area contributed by atoms with E-state index in [9.17, 15) is 4.79 Å². The topological polar surface area (TPSA) is 49.8 Å². The standard InChI is InChI=1S/C11H19NO3/c1-11(2,3)15-10(14)12-6-4-5-9(7-12)8-13/h5,13H,4,6-8H2,1-3H3. The number of ether oxygens (including phenoxy) is 1. The summed E-state index contributed by atoms with van der Waals surface area (Å²) in [5.74, 6) is 0. The average Bonchev–Trinajstić information content (AvgIpc) is 2.15. The van der Waals surface area contributed by atoms with E-state index < -0.39 is 5.60 Å². The van der Waals surface area contributed by atoms with Crippen LogP contribution in [0.4, 0.5) is 4.79 Å². The lowest BCUT2D eigenvalue weighted by Gasteiger charge is -2.29. The van der Waals surface area contributed by atoms with Gasteiger partial charge in [0.25, 0.3) is 0 Å². The Balaban J connectivity index is 2.52. The first kappa shape index (κ1) is 12.0. The number of aliphatic hydroxyl groups is 1. The van der Waals surface area contributed by atoms with Gasteiger partial charge in [0.1, 0.15) is 5.60 Å². The average molecular weight is 213 g/mol. The van der Waals surface area contributed by atoms with Crippen molar-refractivity contribution >= 4 is 6.09 Å². The largest absolute Gasteiger partial charge is 0.444 e. The highest BCUT2D eigenvalue weighted by molar-refractivity contribution is 5.68. The summed E-state index contributed by atoms with van der Waals surface area (Å²) in [6, 6.07) is 0. The van der Waals surface area contributed by atoms with Gasteiger partial charge in [-0.3, -0.25) is 0 Å². The van der Waals surface area contributed by atoms with Gasteiger partial charge in [0.2, 0.25) is 0 Å². The molecular formula is C11H19NO3. The molecule has 1 aliphatic heterocycles. The van der Waals surface area contributed by atoms with E-state index in [0.717, 1.165) is 12.0 Å². The lowest BCUT2D eigenvalue weighted by molar-refractivity contribution is 0.0258. The lowest BCUT2D eigenvalue weighted by Crippen LogP contribution is -2.40. The normalized spacial score (nSPS) is 17.3. The van der Waals surface area contributed by atoms with Crippen molar-refractivity contribution in [1.82, 2.24) is 4.90 Å². The molecule has 4 heteroatoms. The molecule has 1 N–H and O–H groups in total. The zero-order chi connectivity index (χ0) is 11.5. The van der Waals surface area contributed by atoms with Gasteiger partial charge in [0.05, 0.1) is 6.61 Å². The summed E-state index contributed by atoms with van der Waals surface area (Å²) < 4.78 is 5.25. The Bertz CT molecular complexity index is 265. The molecule has 1 rings (SSSR count). The Labute approximate surface area is 90.5 Å². The Morgan fingerprint density at radius 1 is 1.60 bits per heavy atom. The molecule has 1 aliphatic rings. The second-order valence-corrected chi connectivity index (χ2v) is 4.71. The highest BCUT2D eigenvalue weighted by Gasteiger charge is 2.23. The number of aliphatic hydroxyl groups excluding tert-OH is 1. The third-order valence-electron chi connectivity index (χ3n) is 2.08. The molecule has 0 aromatic heterocycles. The summed E-state index contributed by atoms with van der Waals surface area (Å²) in [6.45, 7) is 6.69.